The maximum absolute atomic E-state index is 4.57. The van der Waals surface area contributed by atoms with E-state index >= 15 is 0 Å². The number of benzene rings is 1. The van der Waals surface area contributed by atoms with E-state index < -0.39 is 0 Å². The lowest BCUT2D eigenvalue weighted by atomic mass is 9.93. The molecule has 2 aromatic heterocycles. The van der Waals surface area contributed by atoms with E-state index in [9.17, 15) is 0 Å². The Bertz CT molecular complexity index is 901. The fraction of sp³-hybridized carbons (Fsp3) is 0.476. The standard InChI is InChI=1S/C21H28N6/c1-16-4-5-20(10-17(16)2)27-14-19(12-23-27)13-26-8-6-18(7-9-26)11-21-24-22-15-25(21)3/h4-5,10,12,14-15,18H,6-9,11,13H2,1-3H3. The number of likely N-dealkylation sites (tertiary alicyclic amines) is 1. The average molecular weight is 364 g/mol. The molecule has 1 fully saturated rings. The summed E-state index contributed by atoms with van der Waals surface area (Å²) >= 11 is 0. The van der Waals surface area contributed by atoms with Crippen LogP contribution in [0.25, 0.3) is 5.69 Å². The number of piperidine rings is 1. The first-order chi connectivity index (χ1) is 13.1. The smallest absolute Gasteiger partial charge is 0.132 e. The molecule has 3 aromatic rings. The number of aromatic nitrogens is 5. The Morgan fingerprint density at radius 3 is 2.63 bits per heavy atom. The summed E-state index contributed by atoms with van der Waals surface area (Å²) in [7, 11) is 2.03. The number of rotatable bonds is 5. The third kappa shape index (κ3) is 4.11. The highest BCUT2D eigenvalue weighted by molar-refractivity contribution is 5.39. The van der Waals surface area contributed by atoms with E-state index in [1.165, 1.54) is 29.5 Å². The van der Waals surface area contributed by atoms with E-state index in [1.54, 1.807) is 6.33 Å². The van der Waals surface area contributed by atoms with Crippen molar-refractivity contribution < 1.29 is 0 Å². The third-order valence-electron chi connectivity index (χ3n) is 5.78. The highest BCUT2D eigenvalue weighted by Gasteiger charge is 2.21. The minimum absolute atomic E-state index is 0.711. The van der Waals surface area contributed by atoms with Gasteiger partial charge in [0.05, 0.1) is 11.9 Å². The van der Waals surface area contributed by atoms with Crippen LogP contribution >= 0.6 is 0 Å². The molecule has 0 amide bonds. The molecule has 3 heterocycles. The first-order valence-electron chi connectivity index (χ1n) is 9.75. The average Bonchev–Trinajstić information content (AvgIpc) is 3.29. The Kier molecular flexibility index (Phi) is 5.07. The maximum Gasteiger partial charge on any atom is 0.132 e. The van der Waals surface area contributed by atoms with Crippen LogP contribution in [0.1, 0.15) is 35.4 Å². The number of aryl methyl sites for hydroxylation is 3. The van der Waals surface area contributed by atoms with Gasteiger partial charge in [-0.05, 0) is 69.0 Å². The van der Waals surface area contributed by atoms with Crippen molar-refractivity contribution in [2.75, 3.05) is 13.1 Å². The molecule has 0 bridgehead atoms. The molecule has 1 aromatic carbocycles. The van der Waals surface area contributed by atoms with E-state index in [-0.39, 0.29) is 0 Å². The van der Waals surface area contributed by atoms with Crippen LogP contribution in [0.4, 0.5) is 0 Å². The van der Waals surface area contributed by atoms with Crippen LogP contribution in [0.3, 0.4) is 0 Å². The minimum Gasteiger partial charge on any atom is -0.321 e. The normalized spacial score (nSPS) is 16.1. The fourth-order valence-corrected chi connectivity index (χ4v) is 3.81. The number of nitrogens with zero attached hydrogens (tertiary/aromatic N) is 6. The summed E-state index contributed by atoms with van der Waals surface area (Å²) < 4.78 is 4.02. The molecule has 0 unspecified atom stereocenters. The second-order valence-corrected chi connectivity index (χ2v) is 7.84. The Balaban J connectivity index is 1.32. The summed E-state index contributed by atoms with van der Waals surface area (Å²) in [6.45, 7) is 7.53. The first kappa shape index (κ1) is 17.9. The van der Waals surface area contributed by atoms with Gasteiger partial charge in [-0.15, -0.1) is 10.2 Å². The quantitative estimate of drug-likeness (QED) is 0.698. The predicted molar refractivity (Wildman–Crippen MR) is 106 cm³/mol. The van der Waals surface area contributed by atoms with Crippen molar-refractivity contribution in [2.24, 2.45) is 13.0 Å². The molecule has 0 spiro atoms. The van der Waals surface area contributed by atoms with Crippen LogP contribution in [-0.4, -0.2) is 42.5 Å². The summed E-state index contributed by atoms with van der Waals surface area (Å²) in [6.07, 6.45) is 9.43. The Morgan fingerprint density at radius 1 is 1.11 bits per heavy atom. The van der Waals surface area contributed by atoms with E-state index in [1.807, 2.05) is 22.5 Å². The molecule has 0 N–H and O–H groups in total. The van der Waals surface area contributed by atoms with Gasteiger partial charge in [0.15, 0.2) is 0 Å². The van der Waals surface area contributed by atoms with Crippen molar-refractivity contribution >= 4 is 0 Å². The molecule has 0 aliphatic carbocycles. The van der Waals surface area contributed by atoms with Gasteiger partial charge in [0.2, 0.25) is 0 Å². The van der Waals surface area contributed by atoms with Crippen molar-refractivity contribution in [3.05, 3.63) is 59.4 Å². The number of hydrogen-bond donors (Lipinski definition) is 0. The van der Waals surface area contributed by atoms with Gasteiger partial charge in [-0.3, -0.25) is 4.90 Å². The van der Waals surface area contributed by atoms with E-state index in [0.717, 1.165) is 37.6 Å². The summed E-state index contributed by atoms with van der Waals surface area (Å²) in [5, 5.41) is 12.8. The van der Waals surface area contributed by atoms with Gasteiger partial charge in [-0.25, -0.2) is 4.68 Å². The molecule has 0 atom stereocenters. The van der Waals surface area contributed by atoms with E-state index in [2.05, 4.69) is 58.4 Å². The molecule has 0 saturated carbocycles. The zero-order chi connectivity index (χ0) is 18.8. The predicted octanol–water partition coefficient (Wildman–Crippen LogP) is 3.07. The van der Waals surface area contributed by atoms with Crippen molar-refractivity contribution in [1.29, 1.82) is 0 Å². The van der Waals surface area contributed by atoms with Crippen molar-refractivity contribution in [3.63, 3.8) is 0 Å². The van der Waals surface area contributed by atoms with Crippen molar-refractivity contribution in [2.45, 2.75) is 39.7 Å². The first-order valence-corrected chi connectivity index (χ1v) is 9.75. The second-order valence-electron chi connectivity index (χ2n) is 7.84. The van der Waals surface area contributed by atoms with Gasteiger partial charge >= 0.3 is 0 Å². The molecule has 0 radical (unpaired) electrons. The zero-order valence-corrected chi connectivity index (χ0v) is 16.5. The lowest BCUT2D eigenvalue weighted by molar-refractivity contribution is 0.175. The van der Waals surface area contributed by atoms with Crippen LogP contribution in [-0.2, 0) is 20.0 Å². The Hall–Kier alpha value is -2.47. The minimum atomic E-state index is 0.711. The molecule has 6 heteroatoms. The molecule has 1 saturated heterocycles. The second kappa shape index (κ2) is 7.64. The lowest BCUT2D eigenvalue weighted by Crippen LogP contribution is -2.34. The van der Waals surface area contributed by atoms with E-state index in [0.29, 0.717) is 5.92 Å². The molecule has 4 rings (SSSR count). The number of hydrogen-bond acceptors (Lipinski definition) is 4. The van der Waals surface area contributed by atoms with Gasteiger partial charge in [-0.2, -0.15) is 5.10 Å². The van der Waals surface area contributed by atoms with Crippen LogP contribution in [0, 0.1) is 19.8 Å². The summed E-state index contributed by atoms with van der Waals surface area (Å²) in [5.41, 5.74) is 5.02. The monoisotopic (exact) mass is 364 g/mol. The maximum atomic E-state index is 4.57. The largest absolute Gasteiger partial charge is 0.321 e. The van der Waals surface area contributed by atoms with Gasteiger partial charge in [-0.1, -0.05) is 6.07 Å². The van der Waals surface area contributed by atoms with Gasteiger partial charge < -0.3 is 4.57 Å². The highest BCUT2D eigenvalue weighted by Crippen LogP contribution is 2.22. The Labute approximate surface area is 160 Å². The fourth-order valence-electron chi connectivity index (χ4n) is 3.81. The molecule has 1 aliphatic heterocycles. The van der Waals surface area contributed by atoms with Crippen LogP contribution < -0.4 is 0 Å². The summed E-state index contributed by atoms with van der Waals surface area (Å²) in [6, 6.07) is 6.50. The summed E-state index contributed by atoms with van der Waals surface area (Å²) in [4.78, 5) is 2.54. The molecular weight excluding hydrogens is 336 g/mol. The molecule has 6 nitrogen and oxygen atoms in total. The van der Waals surface area contributed by atoms with Crippen molar-refractivity contribution in [3.8, 4) is 5.69 Å². The molecule has 1 aliphatic rings. The SMILES string of the molecule is Cc1ccc(-n2cc(CN3CCC(Cc4nncn4C)CC3)cn2)cc1C. The Morgan fingerprint density at radius 2 is 1.93 bits per heavy atom. The van der Waals surface area contributed by atoms with Crippen molar-refractivity contribution in [1.82, 2.24) is 29.4 Å². The van der Waals surface area contributed by atoms with E-state index in [4.69, 9.17) is 0 Å². The van der Waals surface area contributed by atoms with Crippen LogP contribution in [0.2, 0.25) is 0 Å². The van der Waals surface area contributed by atoms with Crippen LogP contribution in [0.15, 0.2) is 36.9 Å². The van der Waals surface area contributed by atoms with Gasteiger partial charge in [0, 0.05) is 31.8 Å². The van der Waals surface area contributed by atoms with Gasteiger partial charge in [0.1, 0.15) is 12.2 Å². The third-order valence-corrected chi connectivity index (χ3v) is 5.78. The topological polar surface area (TPSA) is 51.8 Å². The molecule has 142 valence electrons. The summed E-state index contributed by atoms with van der Waals surface area (Å²) in [5.74, 6) is 1.81. The van der Waals surface area contributed by atoms with Gasteiger partial charge in [0.25, 0.3) is 0 Å². The zero-order valence-electron chi connectivity index (χ0n) is 16.5. The molecule has 27 heavy (non-hydrogen) atoms. The molecular formula is C21H28N6. The lowest BCUT2D eigenvalue weighted by Gasteiger charge is -2.31. The highest BCUT2D eigenvalue weighted by atomic mass is 15.3. The van der Waals surface area contributed by atoms with Crippen LogP contribution in [0.5, 0.6) is 0 Å².